The molecular formula is C20H35NO5S. The van der Waals surface area contributed by atoms with Crippen LogP contribution in [0.4, 0.5) is 0 Å². The van der Waals surface area contributed by atoms with E-state index in [2.05, 4.69) is 43.4 Å². The molecule has 27 heavy (non-hydrogen) atoms. The zero-order chi connectivity index (χ0) is 20.5. The van der Waals surface area contributed by atoms with Crippen molar-refractivity contribution in [2.75, 3.05) is 6.54 Å². The fraction of sp³-hybridized carbons (Fsp3) is 0.650. The molecule has 4 N–H and O–H groups in total. The molecular weight excluding hydrogens is 366 g/mol. The fourth-order valence-electron chi connectivity index (χ4n) is 2.77. The van der Waals surface area contributed by atoms with Crippen LogP contribution in [0, 0.1) is 5.92 Å². The lowest BCUT2D eigenvalue weighted by Gasteiger charge is -2.19. The molecule has 0 amide bonds. The van der Waals surface area contributed by atoms with Gasteiger partial charge in [0.15, 0.2) is 0 Å². The number of allylic oxidation sites excluding steroid dienone is 6. The summed E-state index contributed by atoms with van der Waals surface area (Å²) in [5, 5.41) is 7.75. The van der Waals surface area contributed by atoms with E-state index in [4.69, 9.17) is 10.3 Å². The highest BCUT2D eigenvalue weighted by molar-refractivity contribution is 7.86. The molecule has 0 saturated carbocycles. The Kier molecular flexibility index (Phi) is 14.8. The molecule has 156 valence electrons. The molecule has 0 aromatic heterocycles. The van der Waals surface area contributed by atoms with Crippen molar-refractivity contribution in [1.82, 2.24) is 0 Å². The number of aliphatic carboxylic acids is 1. The number of carboxylic acid groups (broad SMARTS) is 1. The van der Waals surface area contributed by atoms with Crippen LogP contribution in [0.2, 0.25) is 0 Å². The highest BCUT2D eigenvalue weighted by Crippen LogP contribution is 2.20. The molecule has 0 heterocycles. The van der Waals surface area contributed by atoms with Crippen molar-refractivity contribution in [2.45, 2.75) is 70.0 Å². The molecule has 0 aliphatic rings. The van der Waals surface area contributed by atoms with Crippen LogP contribution >= 0.6 is 0 Å². The Morgan fingerprint density at radius 3 is 2.04 bits per heavy atom. The highest BCUT2D eigenvalue weighted by atomic mass is 32.2. The van der Waals surface area contributed by atoms with Crippen LogP contribution in [0.3, 0.4) is 0 Å². The second-order valence-corrected chi connectivity index (χ2v) is 8.15. The number of nitrogens with two attached hydrogens (primary N) is 1. The number of hydrogen-bond acceptors (Lipinski definition) is 4. The molecule has 6 nitrogen and oxygen atoms in total. The Labute approximate surface area is 164 Å². The van der Waals surface area contributed by atoms with Crippen LogP contribution in [-0.4, -0.2) is 35.8 Å². The summed E-state index contributed by atoms with van der Waals surface area (Å²) in [7, 11) is -4.45. The van der Waals surface area contributed by atoms with Crippen LogP contribution in [-0.2, 0) is 14.9 Å². The van der Waals surface area contributed by atoms with Gasteiger partial charge in [0.2, 0.25) is 0 Å². The summed E-state index contributed by atoms with van der Waals surface area (Å²) in [6, 6.07) is 0. The van der Waals surface area contributed by atoms with E-state index in [1.807, 2.05) is 0 Å². The van der Waals surface area contributed by atoms with Crippen LogP contribution in [0.25, 0.3) is 0 Å². The van der Waals surface area contributed by atoms with E-state index in [9.17, 15) is 18.3 Å². The van der Waals surface area contributed by atoms with Crippen molar-refractivity contribution in [1.29, 1.82) is 0 Å². The number of rotatable bonds is 16. The molecule has 0 fully saturated rings. The first kappa shape index (κ1) is 25.6. The lowest BCUT2D eigenvalue weighted by molar-refractivity contribution is -0.142. The van der Waals surface area contributed by atoms with E-state index in [-0.39, 0.29) is 6.42 Å². The van der Waals surface area contributed by atoms with Gasteiger partial charge in [-0.3, -0.25) is 9.35 Å². The van der Waals surface area contributed by atoms with Gasteiger partial charge in [-0.25, -0.2) is 0 Å². The smallest absolute Gasteiger partial charge is 0.307 e. The molecule has 0 radical (unpaired) electrons. The summed E-state index contributed by atoms with van der Waals surface area (Å²) in [4.78, 5) is 11.3. The van der Waals surface area contributed by atoms with Crippen molar-refractivity contribution < 1.29 is 22.9 Å². The second-order valence-electron chi connectivity index (χ2n) is 6.52. The zero-order valence-electron chi connectivity index (χ0n) is 16.3. The molecule has 2 unspecified atom stereocenters. The van der Waals surface area contributed by atoms with Gasteiger partial charge in [-0.1, -0.05) is 62.6 Å². The van der Waals surface area contributed by atoms with Gasteiger partial charge in [0.25, 0.3) is 10.1 Å². The minimum Gasteiger partial charge on any atom is -0.481 e. The molecule has 0 rings (SSSR count). The first-order valence-electron chi connectivity index (χ1n) is 9.68. The van der Waals surface area contributed by atoms with Crippen molar-refractivity contribution in [3.05, 3.63) is 36.5 Å². The van der Waals surface area contributed by atoms with Crippen molar-refractivity contribution in [2.24, 2.45) is 11.7 Å². The standard InChI is InChI=1S/C20H35NO5S/c1-2-3-4-5-6-7-8-9-10-11-12-13-14-15-16-18(20(22)23)19(17-21)27(24,25)26/h3-4,6-7,9-10,18-19H,2,5,8,11-17,21H2,1H3,(H,22,23)(H,24,25,26)/b4-3-,7-6-,10-9-. The predicted molar refractivity (Wildman–Crippen MR) is 110 cm³/mol. The molecule has 0 aliphatic carbocycles. The van der Waals surface area contributed by atoms with Gasteiger partial charge in [0, 0.05) is 6.54 Å². The van der Waals surface area contributed by atoms with Gasteiger partial charge in [-0.05, 0) is 38.5 Å². The van der Waals surface area contributed by atoms with Crippen LogP contribution < -0.4 is 5.73 Å². The topological polar surface area (TPSA) is 118 Å². The largest absolute Gasteiger partial charge is 0.481 e. The van der Waals surface area contributed by atoms with Gasteiger partial charge in [-0.15, -0.1) is 0 Å². The first-order valence-corrected chi connectivity index (χ1v) is 11.2. The first-order chi connectivity index (χ1) is 12.8. The van der Waals surface area contributed by atoms with Gasteiger partial charge < -0.3 is 10.8 Å². The predicted octanol–water partition coefficient (Wildman–Crippen LogP) is 4.10. The molecule has 2 atom stereocenters. The highest BCUT2D eigenvalue weighted by Gasteiger charge is 2.35. The molecule has 7 heteroatoms. The normalized spacial score (nSPS) is 15.1. The number of hydrogen-bond donors (Lipinski definition) is 3. The lowest BCUT2D eigenvalue weighted by atomic mass is 9.97. The van der Waals surface area contributed by atoms with E-state index in [1.165, 1.54) is 0 Å². The Morgan fingerprint density at radius 2 is 1.52 bits per heavy atom. The molecule has 0 spiro atoms. The summed E-state index contributed by atoms with van der Waals surface area (Å²) in [6.07, 6.45) is 20.4. The number of unbranched alkanes of at least 4 members (excludes halogenated alkanes) is 4. The minimum atomic E-state index is -4.45. The van der Waals surface area contributed by atoms with E-state index in [1.54, 1.807) is 0 Å². The number of carbonyl (C=O) groups is 1. The van der Waals surface area contributed by atoms with Crippen LogP contribution in [0.15, 0.2) is 36.5 Å². The summed E-state index contributed by atoms with van der Waals surface area (Å²) in [5.74, 6) is -2.40. The molecule has 0 aliphatic heterocycles. The van der Waals surface area contributed by atoms with Crippen molar-refractivity contribution in [3.63, 3.8) is 0 Å². The summed E-state index contributed by atoms with van der Waals surface area (Å²) in [5.41, 5.74) is 5.33. The molecule has 0 bridgehead atoms. The average molecular weight is 402 g/mol. The minimum absolute atomic E-state index is 0.199. The van der Waals surface area contributed by atoms with Gasteiger partial charge in [0.05, 0.1) is 5.92 Å². The maximum absolute atomic E-state index is 11.3. The third-order valence-corrected chi connectivity index (χ3v) is 5.58. The molecule has 0 saturated heterocycles. The number of carboxylic acids is 1. The molecule has 0 aromatic carbocycles. The van der Waals surface area contributed by atoms with Gasteiger partial charge in [0.1, 0.15) is 5.25 Å². The maximum Gasteiger partial charge on any atom is 0.307 e. The quantitative estimate of drug-likeness (QED) is 0.204. The van der Waals surface area contributed by atoms with Crippen molar-refractivity contribution in [3.8, 4) is 0 Å². The lowest BCUT2D eigenvalue weighted by Crippen LogP contribution is -2.40. The Bertz CT molecular complexity index is 581. The van der Waals surface area contributed by atoms with Gasteiger partial charge >= 0.3 is 5.97 Å². The van der Waals surface area contributed by atoms with E-state index in [0.29, 0.717) is 6.42 Å². The van der Waals surface area contributed by atoms with E-state index >= 15 is 0 Å². The Hall–Kier alpha value is -1.44. The SMILES string of the molecule is CC/C=C\C/C=C\C/C=C\CCCCCCC(C(=O)O)C(CN)S(=O)(=O)O. The monoisotopic (exact) mass is 401 g/mol. The Balaban J connectivity index is 3.93. The maximum atomic E-state index is 11.3. The molecule has 0 aromatic rings. The van der Waals surface area contributed by atoms with E-state index < -0.39 is 33.8 Å². The summed E-state index contributed by atoms with van der Waals surface area (Å²) in [6.45, 7) is 1.72. The third-order valence-electron chi connectivity index (χ3n) is 4.30. The second kappa shape index (κ2) is 15.6. The average Bonchev–Trinajstić information content (AvgIpc) is 2.59. The zero-order valence-corrected chi connectivity index (χ0v) is 17.1. The summed E-state index contributed by atoms with van der Waals surface area (Å²) >= 11 is 0. The Morgan fingerprint density at radius 1 is 0.963 bits per heavy atom. The fourth-order valence-corrected chi connectivity index (χ4v) is 3.68. The third kappa shape index (κ3) is 13.4. The van der Waals surface area contributed by atoms with Crippen molar-refractivity contribution >= 4 is 16.1 Å². The van der Waals surface area contributed by atoms with Crippen LogP contribution in [0.1, 0.15) is 64.7 Å². The summed E-state index contributed by atoms with van der Waals surface area (Å²) < 4.78 is 31.6. The van der Waals surface area contributed by atoms with E-state index in [0.717, 1.165) is 44.9 Å². The van der Waals surface area contributed by atoms with Gasteiger partial charge in [-0.2, -0.15) is 8.42 Å². The van der Waals surface area contributed by atoms with Crippen LogP contribution in [0.5, 0.6) is 0 Å².